The van der Waals surface area contributed by atoms with E-state index in [4.69, 9.17) is 4.74 Å². The van der Waals surface area contributed by atoms with Crippen molar-refractivity contribution in [3.63, 3.8) is 0 Å². The van der Waals surface area contributed by atoms with Crippen LogP contribution in [0.25, 0.3) is 0 Å². The van der Waals surface area contributed by atoms with Crippen LogP contribution in [0.3, 0.4) is 0 Å². The van der Waals surface area contributed by atoms with Gasteiger partial charge in [0.2, 0.25) is 0 Å². The molecule has 1 heterocycles. The average Bonchev–Trinajstić information content (AvgIpc) is 2.72. The topological polar surface area (TPSA) is 22.1 Å². The van der Waals surface area contributed by atoms with Crippen molar-refractivity contribution < 1.29 is 9.13 Å². The van der Waals surface area contributed by atoms with Crippen LogP contribution in [0, 0.1) is 12.7 Å². The Morgan fingerprint density at radius 1 is 1.47 bits per heavy atom. The van der Waals surface area contributed by atoms with Gasteiger partial charge in [-0.2, -0.15) is 0 Å². The number of rotatable bonds is 3. The third-order valence-electron chi connectivity index (χ3n) is 1.94. The molecular formula is C11H10FNOS. The minimum atomic E-state index is -0.329. The van der Waals surface area contributed by atoms with Crippen molar-refractivity contribution in [3.05, 3.63) is 46.2 Å². The number of thiazole rings is 1. The Kier molecular flexibility index (Phi) is 2.97. The molecule has 0 aliphatic carbocycles. The second-order valence-electron chi connectivity index (χ2n) is 3.19. The quantitative estimate of drug-likeness (QED) is 0.797. The number of halogens is 1. The number of hydrogen-bond donors (Lipinski definition) is 0. The summed E-state index contributed by atoms with van der Waals surface area (Å²) in [5.41, 5.74) is 2.71. The van der Waals surface area contributed by atoms with Crippen LogP contribution in [-0.4, -0.2) is 4.98 Å². The first-order valence-electron chi connectivity index (χ1n) is 4.52. The van der Waals surface area contributed by atoms with Gasteiger partial charge < -0.3 is 4.74 Å². The molecule has 0 radical (unpaired) electrons. The molecule has 2 nitrogen and oxygen atoms in total. The largest absolute Gasteiger partial charge is 0.485 e. The normalized spacial score (nSPS) is 10.3. The molecule has 2 rings (SSSR count). The van der Waals surface area contributed by atoms with E-state index >= 15 is 0 Å². The van der Waals surface area contributed by atoms with Gasteiger partial charge in [-0.1, -0.05) is 6.07 Å². The Bertz CT molecular complexity index is 442. The number of aryl methyl sites for hydroxylation is 1. The van der Waals surface area contributed by atoms with Crippen molar-refractivity contribution >= 4 is 11.3 Å². The first-order valence-corrected chi connectivity index (χ1v) is 5.40. The van der Waals surface area contributed by atoms with E-state index in [1.807, 2.05) is 6.92 Å². The Labute approximate surface area is 91.4 Å². The van der Waals surface area contributed by atoms with Gasteiger partial charge in [-0.25, -0.2) is 4.39 Å². The van der Waals surface area contributed by atoms with Crippen LogP contribution in [0.2, 0.25) is 0 Å². The van der Waals surface area contributed by atoms with Gasteiger partial charge in [0.15, 0.2) is 11.6 Å². The smallest absolute Gasteiger partial charge is 0.165 e. The lowest BCUT2D eigenvalue weighted by atomic mass is 10.2. The molecule has 0 spiro atoms. The Morgan fingerprint density at radius 3 is 3.07 bits per heavy atom. The van der Waals surface area contributed by atoms with Gasteiger partial charge in [0.05, 0.1) is 10.4 Å². The molecular weight excluding hydrogens is 213 g/mol. The first-order chi connectivity index (χ1) is 7.25. The number of ether oxygens (including phenoxy) is 1. The van der Waals surface area contributed by atoms with E-state index in [1.165, 1.54) is 17.4 Å². The van der Waals surface area contributed by atoms with E-state index in [1.54, 1.807) is 23.8 Å². The number of benzene rings is 1. The van der Waals surface area contributed by atoms with E-state index in [9.17, 15) is 4.39 Å². The molecule has 15 heavy (non-hydrogen) atoms. The summed E-state index contributed by atoms with van der Waals surface area (Å²) >= 11 is 1.49. The molecule has 2 aromatic rings. The molecule has 0 N–H and O–H groups in total. The van der Waals surface area contributed by atoms with E-state index < -0.39 is 0 Å². The van der Waals surface area contributed by atoms with Crippen molar-refractivity contribution in [1.29, 1.82) is 0 Å². The molecule has 0 saturated heterocycles. The SMILES string of the molecule is Cc1ccc(F)c(OCc2cncs2)c1. The second-order valence-corrected chi connectivity index (χ2v) is 4.16. The van der Waals surface area contributed by atoms with Crippen LogP contribution in [0.4, 0.5) is 4.39 Å². The van der Waals surface area contributed by atoms with E-state index in [0.717, 1.165) is 10.4 Å². The standard InChI is InChI=1S/C11H10FNOS/c1-8-2-3-10(12)11(4-8)14-6-9-5-13-7-15-9/h2-5,7H,6H2,1H3. The molecule has 0 aliphatic rings. The zero-order valence-electron chi connectivity index (χ0n) is 8.24. The molecule has 0 fully saturated rings. The van der Waals surface area contributed by atoms with E-state index in [2.05, 4.69) is 4.98 Å². The molecule has 1 aromatic heterocycles. The Balaban J connectivity index is 2.07. The van der Waals surface area contributed by atoms with Gasteiger partial charge in [-0.3, -0.25) is 4.98 Å². The lowest BCUT2D eigenvalue weighted by Gasteiger charge is -2.06. The second kappa shape index (κ2) is 4.40. The van der Waals surface area contributed by atoms with Gasteiger partial charge in [-0.05, 0) is 24.6 Å². The zero-order chi connectivity index (χ0) is 10.7. The van der Waals surface area contributed by atoms with Crippen molar-refractivity contribution in [2.45, 2.75) is 13.5 Å². The minimum absolute atomic E-state index is 0.295. The van der Waals surface area contributed by atoms with Crippen molar-refractivity contribution in [2.24, 2.45) is 0 Å². The predicted octanol–water partition coefficient (Wildman–Crippen LogP) is 3.17. The molecule has 4 heteroatoms. The lowest BCUT2D eigenvalue weighted by Crippen LogP contribution is -1.95. The summed E-state index contributed by atoms with van der Waals surface area (Å²) < 4.78 is 18.6. The molecule has 0 amide bonds. The Hall–Kier alpha value is -1.42. The molecule has 0 bridgehead atoms. The highest BCUT2D eigenvalue weighted by molar-refractivity contribution is 7.09. The van der Waals surface area contributed by atoms with Crippen molar-refractivity contribution in [2.75, 3.05) is 0 Å². The molecule has 0 unspecified atom stereocenters. The van der Waals surface area contributed by atoms with E-state index in [-0.39, 0.29) is 5.82 Å². The zero-order valence-corrected chi connectivity index (χ0v) is 9.05. The summed E-state index contributed by atoms with van der Waals surface area (Å²) in [4.78, 5) is 4.90. The fraction of sp³-hybridized carbons (Fsp3) is 0.182. The molecule has 0 saturated carbocycles. The van der Waals surface area contributed by atoms with Gasteiger partial charge in [0.25, 0.3) is 0 Å². The maximum atomic E-state index is 13.3. The summed E-state index contributed by atoms with van der Waals surface area (Å²) in [6.45, 7) is 2.27. The van der Waals surface area contributed by atoms with Crippen LogP contribution in [0.1, 0.15) is 10.4 Å². The van der Waals surface area contributed by atoms with Gasteiger partial charge in [0.1, 0.15) is 6.61 Å². The minimum Gasteiger partial charge on any atom is -0.485 e. The van der Waals surface area contributed by atoms with Crippen LogP contribution >= 0.6 is 11.3 Å². The summed E-state index contributed by atoms with van der Waals surface area (Å²) in [6, 6.07) is 4.82. The fourth-order valence-electron chi connectivity index (χ4n) is 1.18. The maximum absolute atomic E-state index is 13.3. The number of nitrogens with zero attached hydrogens (tertiary/aromatic N) is 1. The Morgan fingerprint density at radius 2 is 2.33 bits per heavy atom. The van der Waals surface area contributed by atoms with Crippen molar-refractivity contribution in [3.8, 4) is 5.75 Å². The molecule has 0 aliphatic heterocycles. The third kappa shape index (κ3) is 2.53. The highest BCUT2D eigenvalue weighted by Crippen LogP contribution is 2.20. The molecule has 1 aromatic carbocycles. The van der Waals surface area contributed by atoms with Gasteiger partial charge >= 0.3 is 0 Å². The average molecular weight is 223 g/mol. The monoisotopic (exact) mass is 223 g/mol. The van der Waals surface area contributed by atoms with Crippen LogP contribution in [-0.2, 0) is 6.61 Å². The third-order valence-corrected chi connectivity index (χ3v) is 2.69. The van der Waals surface area contributed by atoms with Crippen molar-refractivity contribution in [1.82, 2.24) is 4.98 Å². The van der Waals surface area contributed by atoms with E-state index in [0.29, 0.717) is 12.4 Å². The highest BCUT2D eigenvalue weighted by atomic mass is 32.1. The van der Waals surface area contributed by atoms with Gasteiger partial charge in [-0.15, -0.1) is 11.3 Å². The summed E-state index contributed by atoms with van der Waals surface area (Å²) in [5.74, 6) is -0.0338. The predicted molar refractivity (Wildman–Crippen MR) is 57.6 cm³/mol. The van der Waals surface area contributed by atoms with Gasteiger partial charge in [0, 0.05) is 6.20 Å². The van der Waals surface area contributed by atoms with Crippen LogP contribution in [0.15, 0.2) is 29.9 Å². The summed E-state index contributed by atoms with van der Waals surface area (Å²) in [7, 11) is 0. The maximum Gasteiger partial charge on any atom is 0.165 e. The first kappa shape index (κ1) is 10.1. The number of hydrogen-bond acceptors (Lipinski definition) is 3. The molecule has 0 atom stereocenters. The highest BCUT2D eigenvalue weighted by Gasteiger charge is 2.04. The fourth-order valence-corrected chi connectivity index (χ4v) is 1.69. The molecule has 78 valence electrons. The van der Waals surface area contributed by atoms with Crippen LogP contribution < -0.4 is 4.74 Å². The number of aromatic nitrogens is 1. The van der Waals surface area contributed by atoms with Crippen LogP contribution in [0.5, 0.6) is 5.75 Å². The summed E-state index contributed by atoms with van der Waals surface area (Å²) in [6.07, 6.45) is 1.72. The summed E-state index contributed by atoms with van der Waals surface area (Å²) in [5, 5.41) is 0. The lowest BCUT2D eigenvalue weighted by molar-refractivity contribution is 0.293.